The Hall–Kier alpha value is -1.89. The summed E-state index contributed by atoms with van der Waals surface area (Å²) in [6, 6.07) is 0.580. The molecule has 1 aliphatic rings. The Labute approximate surface area is 112 Å². The molecule has 7 heteroatoms. The fourth-order valence-corrected chi connectivity index (χ4v) is 2.14. The van der Waals surface area contributed by atoms with Gasteiger partial charge in [-0.3, -0.25) is 4.90 Å². The van der Waals surface area contributed by atoms with E-state index in [1.165, 1.54) is 6.20 Å². The summed E-state index contributed by atoms with van der Waals surface area (Å²) >= 11 is 0. The molecule has 3 N–H and O–H groups in total. The molecule has 1 aromatic heterocycles. The number of aromatic nitrogens is 2. The third kappa shape index (κ3) is 3.11. The van der Waals surface area contributed by atoms with E-state index in [0.717, 1.165) is 32.0 Å². The Kier molecular flexibility index (Phi) is 4.16. The zero-order valence-electron chi connectivity index (χ0n) is 11.3. The van der Waals surface area contributed by atoms with Gasteiger partial charge in [-0.15, -0.1) is 0 Å². The lowest BCUT2D eigenvalue weighted by Crippen LogP contribution is -2.49. The molecule has 1 fully saturated rings. The molecule has 0 unspecified atom stereocenters. The average Bonchev–Trinajstić information content (AvgIpc) is 2.46. The van der Waals surface area contributed by atoms with Crippen LogP contribution in [-0.4, -0.2) is 58.1 Å². The van der Waals surface area contributed by atoms with E-state index in [-0.39, 0.29) is 5.84 Å². The minimum absolute atomic E-state index is 0.0244. The van der Waals surface area contributed by atoms with E-state index in [0.29, 0.717) is 11.7 Å². The maximum absolute atomic E-state index is 8.57. The van der Waals surface area contributed by atoms with Crippen molar-refractivity contribution >= 4 is 11.7 Å². The second-order valence-electron chi connectivity index (χ2n) is 4.86. The van der Waals surface area contributed by atoms with Gasteiger partial charge in [-0.2, -0.15) is 0 Å². The summed E-state index contributed by atoms with van der Waals surface area (Å²) in [7, 11) is 0. The molecule has 2 rings (SSSR count). The first-order valence-electron chi connectivity index (χ1n) is 6.40. The first-order valence-corrected chi connectivity index (χ1v) is 6.40. The van der Waals surface area contributed by atoms with Crippen molar-refractivity contribution in [1.82, 2.24) is 14.9 Å². The van der Waals surface area contributed by atoms with Crippen molar-refractivity contribution in [3.05, 3.63) is 18.1 Å². The van der Waals surface area contributed by atoms with Crippen molar-refractivity contribution in [1.29, 1.82) is 0 Å². The van der Waals surface area contributed by atoms with Crippen LogP contribution in [0.4, 0.5) is 5.82 Å². The van der Waals surface area contributed by atoms with Gasteiger partial charge in [0.05, 0.1) is 12.4 Å². The maximum Gasteiger partial charge on any atom is 0.190 e. The number of nitrogens with two attached hydrogens (primary N) is 1. The second kappa shape index (κ2) is 5.83. The van der Waals surface area contributed by atoms with Crippen LogP contribution < -0.4 is 10.6 Å². The van der Waals surface area contributed by atoms with E-state index in [1.807, 2.05) is 0 Å². The van der Waals surface area contributed by atoms with Crippen molar-refractivity contribution in [3.8, 4) is 0 Å². The summed E-state index contributed by atoms with van der Waals surface area (Å²) in [6.07, 6.45) is 3.19. The molecule has 7 nitrogen and oxygen atoms in total. The largest absolute Gasteiger partial charge is 0.409 e. The Morgan fingerprint density at radius 1 is 1.26 bits per heavy atom. The standard InChI is InChI=1S/C12H20N6O/c1-9(2)17-3-5-18(6-4-17)11-8-14-10(7-15-11)12(13)16-19/h7-9,19H,3-6H2,1-2H3,(H2,13,16). The number of rotatable bonds is 3. The molecule has 1 saturated heterocycles. The van der Waals surface area contributed by atoms with E-state index in [9.17, 15) is 0 Å². The lowest BCUT2D eigenvalue weighted by Gasteiger charge is -2.37. The van der Waals surface area contributed by atoms with Crippen molar-refractivity contribution in [2.24, 2.45) is 10.9 Å². The highest BCUT2D eigenvalue weighted by atomic mass is 16.4. The first kappa shape index (κ1) is 13.5. The predicted molar refractivity (Wildman–Crippen MR) is 73.5 cm³/mol. The summed E-state index contributed by atoms with van der Waals surface area (Å²) < 4.78 is 0. The van der Waals surface area contributed by atoms with Crippen LogP contribution in [0.2, 0.25) is 0 Å². The van der Waals surface area contributed by atoms with Crippen LogP contribution in [0.15, 0.2) is 17.5 Å². The molecular formula is C12H20N6O. The van der Waals surface area contributed by atoms with E-state index in [2.05, 4.69) is 38.8 Å². The number of hydrogen-bond donors (Lipinski definition) is 2. The van der Waals surface area contributed by atoms with Gasteiger partial charge in [0.2, 0.25) is 0 Å². The molecule has 19 heavy (non-hydrogen) atoms. The Morgan fingerprint density at radius 2 is 1.95 bits per heavy atom. The van der Waals surface area contributed by atoms with Gasteiger partial charge in [-0.05, 0) is 13.8 Å². The number of piperazine rings is 1. The van der Waals surface area contributed by atoms with Crippen LogP contribution >= 0.6 is 0 Å². The minimum atomic E-state index is -0.0244. The van der Waals surface area contributed by atoms with Crippen LogP contribution in [0, 0.1) is 0 Å². The Balaban J connectivity index is 2.00. The number of hydrogen-bond acceptors (Lipinski definition) is 6. The van der Waals surface area contributed by atoms with Crippen LogP contribution in [0.3, 0.4) is 0 Å². The summed E-state index contributed by atoms with van der Waals surface area (Å²) in [5, 5.41) is 11.5. The molecule has 0 radical (unpaired) electrons. The molecule has 1 aliphatic heterocycles. The van der Waals surface area contributed by atoms with Gasteiger partial charge < -0.3 is 15.8 Å². The van der Waals surface area contributed by atoms with Gasteiger partial charge in [0.1, 0.15) is 11.5 Å². The SMILES string of the molecule is CC(C)N1CCN(c2cnc(C(N)=NO)cn2)CC1. The third-order valence-electron chi connectivity index (χ3n) is 3.38. The third-order valence-corrected chi connectivity index (χ3v) is 3.38. The molecule has 1 aromatic rings. The van der Waals surface area contributed by atoms with Gasteiger partial charge in [0.15, 0.2) is 5.84 Å². The number of amidine groups is 1. The quantitative estimate of drug-likeness (QED) is 0.348. The van der Waals surface area contributed by atoms with E-state index in [1.54, 1.807) is 6.20 Å². The predicted octanol–water partition coefficient (Wildman–Crippen LogP) is 0.102. The highest BCUT2D eigenvalue weighted by Crippen LogP contribution is 2.13. The smallest absolute Gasteiger partial charge is 0.190 e. The van der Waals surface area contributed by atoms with Crippen LogP contribution in [-0.2, 0) is 0 Å². The van der Waals surface area contributed by atoms with Gasteiger partial charge in [-0.25, -0.2) is 9.97 Å². The number of anilines is 1. The lowest BCUT2D eigenvalue weighted by atomic mass is 10.2. The normalized spacial score (nSPS) is 18.1. The zero-order chi connectivity index (χ0) is 13.8. The average molecular weight is 264 g/mol. The molecule has 0 bridgehead atoms. The first-order chi connectivity index (χ1) is 9.11. The molecule has 0 atom stereocenters. The Bertz CT molecular complexity index is 436. The van der Waals surface area contributed by atoms with Crippen molar-refractivity contribution in [2.45, 2.75) is 19.9 Å². The van der Waals surface area contributed by atoms with E-state index in [4.69, 9.17) is 10.9 Å². The molecule has 2 heterocycles. The van der Waals surface area contributed by atoms with Crippen LogP contribution in [0.25, 0.3) is 0 Å². The number of nitrogens with zero attached hydrogens (tertiary/aromatic N) is 5. The van der Waals surface area contributed by atoms with Gasteiger partial charge in [0, 0.05) is 32.2 Å². The lowest BCUT2D eigenvalue weighted by molar-refractivity contribution is 0.209. The van der Waals surface area contributed by atoms with Crippen LogP contribution in [0.5, 0.6) is 0 Å². The fraction of sp³-hybridized carbons (Fsp3) is 0.583. The van der Waals surface area contributed by atoms with Gasteiger partial charge in [-0.1, -0.05) is 5.16 Å². The summed E-state index contributed by atoms with van der Waals surface area (Å²) in [4.78, 5) is 13.1. The van der Waals surface area contributed by atoms with Crippen molar-refractivity contribution in [3.63, 3.8) is 0 Å². The highest BCUT2D eigenvalue weighted by Gasteiger charge is 2.19. The van der Waals surface area contributed by atoms with Crippen LogP contribution in [0.1, 0.15) is 19.5 Å². The van der Waals surface area contributed by atoms with Crippen molar-refractivity contribution in [2.75, 3.05) is 31.1 Å². The molecule has 0 amide bonds. The fourth-order valence-electron chi connectivity index (χ4n) is 2.14. The highest BCUT2D eigenvalue weighted by molar-refractivity contribution is 5.94. The molecular weight excluding hydrogens is 244 g/mol. The Morgan fingerprint density at radius 3 is 2.42 bits per heavy atom. The minimum Gasteiger partial charge on any atom is -0.409 e. The monoisotopic (exact) mass is 264 g/mol. The molecule has 0 aliphatic carbocycles. The summed E-state index contributed by atoms with van der Waals surface area (Å²) in [5.74, 6) is 0.807. The molecule has 0 saturated carbocycles. The molecule has 0 aromatic carbocycles. The topological polar surface area (TPSA) is 90.9 Å². The van der Waals surface area contributed by atoms with Gasteiger partial charge in [0.25, 0.3) is 0 Å². The molecule has 104 valence electrons. The second-order valence-corrected chi connectivity index (χ2v) is 4.86. The van der Waals surface area contributed by atoms with Crippen molar-refractivity contribution < 1.29 is 5.21 Å². The maximum atomic E-state index is 8.57. The number of oxime groups is 1. The van der Waals surface area contributed by atoms with E-state index < -0.39 is 0 Å². The zero-order valence-corrected chi connectivity index (χ0v) is 11.3. The molecule has 0 spiro atoms. The summed E-state index contributed by atoms with van der Waals surface area (Å²) in [5.41, 5.74) is 5.83. The van der Waals surface area contributed by atoms with E-state index >= 15 is 0 Å². The van der Waals surface area contributed by atoms with Gasteiger partial charge >= 0.3 is 0 Å². The summed E-state index contributed by atoms with van der Waals surface area (Å²) in [6.45, 7) is 8.36.